The zero-order chi connectivity index (χ0) is 14.8. The minimum Gasteiger partial charge on any atom is -0.370 e. The lowest BCUT2D eigenvalue weighted by atomic mass is 10.1. The van der Waals surface area contributed by atoms with Crippen LogP contribution in [0.2, 0.25) is 5.15 Å². The second-order valence-corrected chi connectivity index (χ2v) is 5.71. The number of nitrogens with one attached hydrogen (secondary N) is 1. The van der Waals surface area contributed by atoms with Gasteiger partial charge in [-0.05, 0) is 19.8 Å². The standard InChI is InChI=1S/C16H28ClN3/c1-4-6-7-8-9-10-12-18-16-13(3)15(17)19-14(20-16)11-5-2/h4-12H2,1-3H3,(H,18,19,20). The van der Waals surface area contributed by atoms with E-state index in [0.29, 0.717) is 5.15 Å². The van der Waals surface area contributed by atoms with Gasteiger partial charge < -0.3 is 5.32 Å². The number of unbranched alkanes of at least 4 members (excludes halogenated alkanes) is 5. The Kier molecular flexibility index (Phi) is 8.59. The van der Waals surface area contributed by atoms with Gasteiger partial charge in [0.05, 0.1) is 0 Å². The van der Waals surface area contributed by atoms with Crippen LogP contribution in [0.5, 0.6) is 0 Å². The summed E-state index contributed by atoms with van der Waals surface area (Å²) in [4.78, 5) is 8.88. The molecule has 1 N–H and O–H groups in total. The summed E-state index contributed by atoms with van der Waals surface area (Å²) in [5.41, 5.74) is 0.956. The van der Waals surface area contributed by atoms with E-state index < -0.39 is 0 Å². The normalized spacial score (nSPS) is 10.8. The van der Waals surface area contributed by atoms with Crippen LogP contribution >= 0.6 is 11.6 Å². The summed E-state index contributed by atoms with van der Waals surface area (Å²) >= 11 is 6.16. The Labute approximate surface area is 128 Å². The van der Waals surface area contributed by atoms with Gasteiger partial charge in [-0.3, -0.25) is 0 Å². The minimum atomic E-state index is 0.578. The summed E-state index contributed by atoms with van der Waals surface area (Å²) < 4.78 is 0. The van der Waals surface area contributed by atoms with Crippen LogP contribution in [0.25, 0.3) is 0 Å². The Morgan fingerprint density at radius 3 is 2.35 bits per heavy atom. The molecule has 0 atom stereocenters. The van der Waals surface area contributed by atoms with E-state index in [2.05, 4.69) is 29.1 Å². The number of nitrogens with zero attached hydrogens (tertiary/aromatic N) is 2. The molecule has 0 aliphatic carbocycles. The predicted molar refractivity (Wildman–Crippen MR) is 87.6 cm³/mol. The van der Waals surface area contributed by atoms with Crippen LogP contribution in [0.1, 0.15) is 70.2 Å². The van der Waals surface area contributed by atoms with E-state index in [4.69, 9.17) is 11.6 Å². The third kappa shape index (κ3) is 6.08. The maximum atomic E-state index is 6.16. The fraction of sp³-hybridized carbons (Fsp3) is 0.750. The Morgan fingerprint density at radius 1 is 0.950 bits per heavy atom. The van der Waals surface area contributed by atoms with Crippen molar-refractivity contribution in [1.29, 1.82) is 0 Å². The fourth-order valence-electron chi connectivity index (χ4n) is 2.15. The number of halogens is 1. The van der Waals surface area contributed by atoms with Crippen molar-refractivity contribution >= 4 is 17.4 Å². The van der Waals surface area contributed by atoms with E-state index in [-0.39, 0.29) is 0 Å². The summed E-state index contributed by atoms with van der Waals surface area (Å²) in [6.45, 7) is 7.31. The second kappa shape index (κ2) is 9.98. The van der Waals surface area contributed by atoms with Gasteiger partial charge in [0.2, 0.25) is 0 Å². The largest absolute Gasteiger partial charge is 0.370 e. The molecule has 0 unspecified atom stereocenters. The van der Waals surface area contributed by atoms with Crippen molar-refractivity contribution in [1.82, 2.24) is 9.97 Å². The van der Waals surface area contributed by atoms with Crippen molar-refractivity contribution in [2.24, 2.45) is 0 Å². The average Bonchev–Trinajstić information content (AvgIpc) is 2.43. The highest BCUT2D eigenvalue weighted by Gasteiger charge is 2.08. The third-order valence-corrected chi connectivity index (χ3v) is 3.80. The number of aryl methyl sites for hydroxylation is 1. The van der Waals surface area contributed by atoms with Crippen LogP contribution in [-0.4, -0.2) is 16.5 Å². The Hall–Kier alpha value is -0.830. The van der Waals surface area contributed by atoms with Crippen molar-refractivity contribution in [3.63, 3.8) is 0 Å². The maximum absolute atomic E-state index is 6.16. The molecule has 20 heavy (non-hydrogen) atoms. The summed E-state index contributed by atoms with van der Waals surface area (Å²) in [5.74, 6) is 1.75. The fourth-order valence-corrected chi connectivity index (χ4v) is 2.34. The first-order valence-electron chi connectivity index (χ1n) is 7.95. The zero-order valence-electron chi connectivity index (χ0n) is 13.1. The molecule has 0 saturated heterocycles. The molecule has 0 aliphatic rings. The molecule has 0 aliphatic heterocycles. The van der Waals surface area contributed by atoms with Crippen molar-refractivity contribution in [3.05, 3.63) is 16.5 Å². The van der Waals surface area contributed by atoms with Crippen molar-refractivity contribution in [2.75, 3.05) is 11.9 Å². The summed E-state index contributed by atoms with van der Waals surface area (Å²) in [5, 5.41) is 3.99. The molecular formula is C16H28ClN3. The average molecular weight is 298 g/mol. The van der Waals surface area contributed by atoms with Crippen LogP contribution < -0.4 is 5.32 Å². The topological polar surface area (TPSA) is 37.8 Å². The quantitative estimate of drug-likeness (QED) is 0.478. The monoisotopic (exact) mass is 297 g/mol. The van der Waals surface area contributed by atoms with E-state index in [1.54, 1.807) is 0 Å². The molecule has 1 rings (SSSR count). The predicted octanol–water partition coefficient (Wildman–Crippen LogP) is 5.16. The first-order chi connectivity index (χ1) is 9.69. The Balaban J connectivity index is 2.38. The summed E-state index contributed by atoms with van der Waals surface area (Å²) in [6, 6.07) is 0. The van der Waals surface area contributed by atoms with E-state index in [0.717, 1.165) is 36.6 Å². The summed E-state index contributed by atoms with van der Waals surface area (Å²) in [7, 11) is 0. The zero-order valence-corrected chi connectivity index (χ0v) is 13.9. The number of hydrogen-bond acceptors (Lipinski definition) is 3. The highest BCUT2D eigenvalue weighted by molar-refractivity contribution is 6.30. The van der Waals surface area contributed by atoms with Crippen LogP contribution in [0.15, 0.2) is 0 Å². The first-order valence-corrected chi connectivity index (χ1v) is 8.33. The molecule has 0 amide bonds. The Bertz CT molecular complexity index is 394. The number of anilines is 1. The SMILES string of the molecule is CCCCCCCCNc1nc(CCC)nc(Cl)c1C. The second-order valence-electron chi connectivity index (χ2n) is 5.35. The van der Waals surface area contributed by atoms with Gasteiger partial charge in [-0.15, -0.1) is 0 Å². The number of aromatic nitrogens is 2. The molecule has 3 nitrogen and oxygen atoms in total. The van der Waals surface area contributed by atoms with Gasteiger partial charge in [0.1, 0.15) is 16.8 Å². The van der Waals surface area contributed by atoms with Crippen LogP contribution in [0, 0.1) is 6.92 Å². The van der Waals surface area contributed by atoms with Crippen molar-refractivity contribution in [2.45, 2.75) is 72.1 Å². The highest BCUT2D eigenvalue weighted by Crippen LogP contribution is 2.20. The van der Waals surface area contributed by atoms with Gasteiger partial charge in [-0.25, -0.2) is 9.97 Å². The van der Waals surface area contributed by atoms with E-state index >= 15 is 0 Å². The van der Waals surface area contributed by atoms with Crippen LogP contribution in [0.3, 0.4) is 0 Å². The molecule has 0 aromatic carbocycles. The molecule has 0 radical (unpaired) electrons. The van der Waals surface area contributed by atoms with Crippen molar-refractivity contribution < 1.29 is 0 Å². The maximum Gasteiger partial charge on any atom is 0.137 e. The lowest BCUT2D eigenvalue weighted by Crippen LogP contribution is -2.08. The third-order valence-electron chi connectivity index (χ3n) is 3.43. The van der Waals surface area contributed by atoms with Gasteiger partial charge in [-0.2, -0.15) is 0 Å². The van der Waals surface area contributed by atoms with Gasteiger partial charge >= 0.3 is 0 Å². The molecule has 1 heterocycles. The van der Waals surface area contributed by atoms with E-state index in [9.17, 15) is 0 Å². The minimum absolute atomic E-state index is 0.578. The van der Waals surface area contributed by atoms with Crippen LogP contribution in [-0.2, 0) is 6.42 Å². The molecule has 114 valence electrons. The number of hydrogen-bond donors (Lipinski definition) is 1. The van der Waals surface area contributed by atoms with E-state index in [1.165, 1.54) is 38.5 Å². The van der Waals surface area contributed by atoms with E-state index in [1.807, 2.05) is 6.92 Å². The molecule has 0 bridgehead atoms. The molecule has 0 fully saturated rings. The first kappa shape index (κ1) is 17.2. The molecular weight excluding hydrogens is 270 g/mol. The smallest absolute Gasteiger partial charge is 0.137 e. The van der Waals surface area contributed by atoms with Crippen molar-refractivity contribution in [3.8, 4) is 0 Å². The molecule has 1 aromatic rings. The van der Waals surface area contributed by atoms with Gasteiger partial charge in [-0.1, -0.05) is 57.6 Å². The molecule has 0 spiro atoms. The number of rotatable bonds is 10. The van der Waals surface area contributed by atoms with Crippen LogP contribution in [0.4, 0.5) is 5.82 Å². The molecule has 1 aromatic heterocycles. The van der Waals surface area contributed by atoms with Gasteiger partial charge in [0.15, 0.2) is 0 Å². The lowest BCUT2D eigenvalue weighted by molar-refractivity contribution is 0.616. The van der Waals surface area contributed by atoms with Gasteiger partial charge in [0.25, 0.3) is 0 Å². The lowest BCUT2D eigenvalue weighted by Gasteiger charge is -2.11. The Morgan fingerprint density at radius 2 is 1.65 bits per heavy atom. The van der Waals surface area contributed by atoms with Gasteiger partial charge in [0, 0.05) is 18.5 Å². The highest BCUT2D eigenvalue weighted by atomic mass is 35.5. The molecule has 4 heteroatoms. The summed E-state index contributed by atoms with van der Waals surface area (Å²) in [6.07, 6.45) is 9.74. The molecule has 0 saturated carbocycles.